The van der Waals surface area contributed by atoms with Crippen LogP contribution in [0.4, 0.5) is 0 Å². The third kappa shape index (κ3) is 7.23. The van der Waals surface area contributed by atoms with E-state index in [4.69, 9.17) is 4.74 Å². The van der Waals surface area contributed by atoms with Crippen molar-refractivity contribution >= 4 is 0 Å². The molecule has 1 aromatic carbocycles. The van der Waals surface area contributed by atoms with E-state index < -0.39 is 0 Å². The fourth-order valence-corrected chi connectivity index (χ4v) is 3.68. The monoisotopic (exact) mass is 362 g/mol. The van der Waals surface area contributed by atoms with Crippen LogP contribution in [0, 0.1) is 0 Å². The fourth-order valence-electron chi connectivity index (χ4n) is 3.68. The van der Waals surface area contributed by atoms with Gasteiger partial charge in [0.2, 0.25) is 0 Å². The summed E-state index contributed by atoms with van der Waals surface area (Å²) in [6.45, 7) is 12.8. The summed E-state index contributed by atoms with van der Waals surface area (Å²) in [6, 6.07) is 9.25. The average Bonchev–Trinajstić information content (AvgIpc) is 3.13. The Morgan fingerprint density at radius 3 is 2.73 bits per heavy atom. The van der Waals surface area contributed by atoms with Crippen LogP contribution in [0.5, 0.6) is 5.75 Å². The van der Waals surface area contributed by atoms with Crippen LogP contribution in [-0.2, 0) is 6.54 Å². The van der Waals surface area contributed by atoms with Crippen molar-refractivity contribution in [3.63, 3.8) is 0 Å². The SMILES string of the molecule is CCN(CCCOc1ccc(CNCC2CCCN2CC)cc1)CNC. The lowest BCUT2D eigenvalue weighted by atomic mass is 10.2. The zero-order chi connectivity index (χ0) is 18.6. The molecule has 0 bridgehead atoms. The van der Waals surface area contributed by atoms with E-state index >= 15 is 0 Å². The molecular weight excluding hydrogens is 324 g/mol. The van der Waals surface area contributed by atoms with Crippen molar-refractivity contribution in [1.82, 2.24) is 20.4 Å². The molecule has 0 amide bonds. The molecule has 1 heterocycles. The first-order valence-corrected chi connectivity index (χ1v) is 10.3. The Morgan fingerprint density at radius 1 is 1.23 bits per heavy atom. The van der Waals surface area contributed by atoms with E-state index in [0.29, 0.717) is 6.04 Å². The maximum atomic E-state index is 5.87. The second-order valence-electron chi connectivity index (χ2n) is 7.12. The molecule has 0 aliphatic carbocycles. The molecule has 1 saturated heterocycles. The molecule has 1 aliphatic heterocycles. The summed E-state index contributed by atoms with van der Waals surface area (Å²) in [6.07, 6.45) is 3.72. The summed E-state index contributed by atoms with van der Waals surface area (Å²) >= 11 is 0. The van der Waals surface area contributed by atoms with E-state index in [9.17, 15) is 0 Å². The van der Waals surface area contributed by atoms with Gasteiger partial charge < -0.3 is 15.4 Å². The number of nitrogens with one attached hydrogen (secondary N) is 2. The third-order valence-electron chi connectivity index (χ3n) is 5.25. The molecule has 0 radical (unpaired) electrons. The summed E-state index contributed by atoms with van der Waals surface area (Å²) in [5.74, 6) is 0.971. The van der Waals surface area contributed by atoms with Gasteiger partial charge in [-0.1, -0.05) is 26.0 Å². The zero-order valence-electron chi connectivity index (χ0n) is 17.0. The van der Waals surface area contributed by atoms with Crippen molar-refractivity contribution in [3.05, 3.63) is 29.8 Å². The van der Waals surface area contributed by atoms with E-state index in [-0.39, 0.29) is 0 Å². The zero-order valence-corrected chi connectivity index (χ0v) is 17.0. The first-order chi connectivity index (χ1) is 12.8. The molecule has 2 N–H and O–H groups in total. The normalized spacial score (nSPS) is 17.9. The van der Waals surface area contributed by atoms with Crippen LogP contribution in [0.25, 0.3) is 0 Å². The Bertz CT molecular complexity index is 479. The first kappa shape index (κ1) is 21.2. The van der Waals surface area contributed by atoms with Gasteiger partial charge in [-0.25, -0.2) is 0 Å². The van der Waals surface area contributed by atoms with Crippen LogP contribution in [0.3, 0.4) is 0 Å². The van der Waals surface area contributed by atoms with Gasteiger partial charge in [-0.05, 0) is 63.6 Å². The standard InChI is InChI=1S/C21H38N4O/c1-4-24(18-22-3)13-7-15-26-21-11-9-19(10-12-21)16-23-17-20-8-6-14-25(20)5-2/h9-12,20,22-23H,4-8,13-18H2,1-3H3. The highest BCUT2D eigenvalue weighted by molar-refractivity contribution is 5.27. The van der Waals surface area contributed by atoms with Crippen LogP contribution >= 0.6 is 0 Å². The largest absolute Gasteiger partial charge is 0.494 e. The molecule has 1 fully saturated rings. The van der Waals surface area contributed by atoms with Gasteiger partial charge in [-0.15, -0.1) is 0 Å². The van der Waals surface area contributed by atoms with Crippen molar-refractivity contribution in [2.24, 2.45) is 0 Å². The molecule has 148 valence electrons. The van der Waals surface area contributed by atoms with Gasteiger partial charge in [0, 0.05) is 32.3 Å². The topological polar surface area (TPSA) is 39.8 Å². The summed E-state index contributed by atoms with van der Waals surface area (Å²) in [5.41, 5.74) is 1.32. The Morgan fingerprint density at radius 2 is 2.04 bits per heavy atom. The lowest BCUT2D eigenvalue weighted by molar-refractivity contribution is 0.234. The first-order valence-electron chi connectivity index (χ1n) is 10.3. The van der Waals surface area contributed by atoms with Crippen LogP contribution in [0.2, 0.25) is 0 Å². The molecule has 1 aromatic rings. The van der Waals surface area contributed by atoms with Gasteiger partial charge in [0.05, 0.1) is 6.61 Å². The van der Waals surface area contributed by atoms with Crippen molar-refractivity contribution in [2.45, 2.75) is 45.7 Å². The Hall–Kier alpha value is -1.14. The Kier molecular flexibility index (Phi) is 10.00. The number of likely N-dealkylation sites (N-methyl/N-ethyl adjacent to an activating group) is 1. The Labute approximate surface area is 160 Å². The summed E-state index contributed by atoms with van der Waals surface area (Å²) in [4.78, 5) is 4.96. The summed E-state index contributed by atoms with van der Waals surface area (Å²) in [5, 5.41) is 6.82. The van der Waals surface area contributed by atoms with Gasteiger partial charge in [0.15, 0.2) is 0 Å². The number of rotatable bonds is 13. The molecule has 0 spiro atoms. The number of nitrogens with zero attached hydrogens (tertiary/aromatic N) is 2. The molecule has 0 aromatic heterocycles. The minimum Gasteiger partial charge on any atom is -0.494 e. The Balaban J connectivity index is 1.61. The molecule has 5 heteroatoms. The third-order valence-corrected chi connectivity index (χ3v) is 5.25. The molecule has 0 saturated carbocycles. The van der Waals surface area contributed by atoms with Crippen molar-refractivity contribution < 1.29 is 4.74 Å². The van der Waals surface area contributed by atoms with E-state index in [1.54, 1.807) is 0 Å². The summed E-state index contributed by atoms with van der Waals surface area (Å²) in [7, 11) is 1.99. The van der Waals surface area contributed by atoms with Gasteiger partial charge in [-0.3, -0.25) is 9.80 Å². The van der Waals surface area contributed by atoms with E-state index in [0.717, 1.165) is 51.6 Å². The molecular formula is C21H38N4O. The summed E-state index contributed by atoms with van der Waals surface area (Å²) < 4.78 is 5.87. The van der Waals surface area contributed by atoms with Gasteiger partial charge in [0.1, 0.15) is 5.75 Å². The van der Waals surface area contributed by atoms with Crippen LogP contribution < -0.4 is 15.4 Å². The van der Waals surface area contributed by atoms with E-state index in [1.807, 2.05) is 7.05 Å². The lowest BCUT2D eigenvalue weighted by Gasteiger charge is -2.23. The average molecular weight is 363 g/mol. The van der Waals surface area contributed by atoms with Crippen molar-refractivity contribution in [3.8, 4) is 5.75 Å². The maximum absolute atomic E-state index is 5.87. The lowest BCUT2D eigenvalue weighted by Crippen LogP contribution is -2.37. The van der Waals surface area contributed by atoms with Gasteiger partial charge in [-0.2, -0.15) is 0 Å². The fraction of sp³-hybridized carbons (Fsp3) is 0.714. The number of likely N-dealkylation sites (tertiary alicyclic amines) is 1. The number of hydrogen-bond acceptors (Lipinski definition) is 5. The molecule has 1 unspecified atom stereocenters. The van der Waals surface area contributed by atoms with Gasteiger partial charge in [0.25, 0.3) is 0 Å². The highest BCUT2D eigenvalue weighted by Gasteiger charge is 2.21. The number of benzene rings is 1. The minimum absolute atomic E-state index is 0.716. The highest BCUT2D eigenvalue weighted by Crippen LogP contribution is 2.16. The van der Waals surface area contributed by atoms with Crippen molar-refractivity contribution in [1.29, 1.82) is 0 Å². The minimum atomic E-state index is 0.716. The highest BCUT2D eigenvalue weighted by atomic mass is 16.5. The predicted molar refractivity (Wildman–Crippen MR) is 110 cm³/mol. The molecule has 5 nitrogen and oxygen atoms in total. The van der Waals surface area contributed by atoms with Crippen LogP contribution in [-0.4, -0.2) is 68.9 Å². The van der Waals surface area contributed by atoms with E-state index in [1.165, 1.54) is 31.5 Å². The number of ether oxygens (including phenoxy) is 1. The molecule has 26 heavy (non-hydrogen) atoms. The second kappa shape index (κ2) is 12.3. The molecule has 1 atom stereocenters. The smallest absolute Gasteiger partial charge is 0.119 e. The quantitative estimate of drug-likeness (QED) is 0.417. The van der Waals surface area contributed by atoms with Crippen molar-refractivity contribution in [2.75, 3.05) is 53.0 Å². The predicted octanol–water partition coefficient (Wildman–Crippen LogP) is 2.53. The van der Waals surface area contributed by atoms with E-state index in [2.05, 4.69) is 58.5 Å². The van der Waals surface area contributed by atoms with Gasteiger partial charge >= 0.3 is 0 Å². The molecule has 1 aliphatic rings. The van der Waals surface area contributed by atoms with Crippen LogP contribution in [0.15, 0.2) is 24.3 Å². The van der Waals surface area contributed by atoms with Crippen LogP contribution in [0.1, 0.15) is 38.7 Å². The second-order valence-corrected chi connectivity index (χ2v) is 7.12. The number of hydrogen-bond donors (Lipinski definition) is 2. The molecule has 2 rings (SSSR count). The maximum Gasteiger partial charge on any atom is 0.119 e.